The second kappa shape index (κ2) is 4.81. The van der Waals surface area contributed by atoms with E-state index in [2.05, 4.69) is 0 Å². The fourth-order valence-corrected chi connectivity index (χ4v) is 1.72. The summed E-state index contributed by atoms with van der Waals surface area (Å²) in [5, 5.41) is 9.63. The lowest BCUT2D eigenvalue weighted by atomic mass is 9.97. The van der Waals surface area contributed by atoms with E-state index in [0.717, 1.165) is 6.07 Å². The number of halogens is 2. The second-order valence-electron chi connectivity index (χ2n) is 4.06. The van der Waals surface area contributed by atoms with Gasteiger partial charge in [-0.05, 0) is 24.5 Å². The molecule has 1 unspecified atom stereocenters. The molecule has 0 radical (unpaired) electrons. The minimum atomic E-state index is -0.480. The van der Waals surface area contributed by atoms with Gasteiger partial charge in [-0.15, -0.1) is 0 Å². The highest BCUT2D eigenvalue weighted by Crippen LogP contribution is 2.33. The Kier molecular flexibility index (Phi) is 3.94. The molecule has 0 heterocycles. The number of hydrogen-bond donors (Lipinski definition) is 2. The third-order valence-electron chi connectivity index (χ3n) is 2.18. The molecule has 0 bridgehead atoms. The number of nitrogens with two attached hydrogens (primary N) is 1. The summed E-state index contributed by atoms with van der Waals surface area (Å²) in [5.74, 6) is -0.223. The Hall–Kier alpha value is -0.800. The normalized spacial score (nSPS) is 13.2. The zero-order valence-corrected chi connectivity index (χ0v) is 9.55. The molecule has 15 heavy (non-hydrogen) atoms. The van der Waals surface area contributed by atoms with Crippen molar-refractivity contribution in [3.05, 3.63) is 28.5 Å². The highest BCUT2D eigenvalue weighted by Gasteiger charge is 2.16. The van der Waals surface area contributed by atoms with Crippen molar-refractivity contribution in [1.29, 1.82) is 0 Å². The van der Waals surface area contributed by atoms with E-state index in [1.807, 2.05) is 13.8 Å². The number of phenols is 1. The predicted octanol–water partition coefficient (Wildman–Crippen LogP) is 3.23. The average molecular weight is 232 g/mol. The Balaban J connectivity index is 3.02. The summed E-state index contributed by atoms with van der Waals surface area (Å²) >= 11 is 5.65. The molecule has 0 aromatic heterocycles. The molecule has 0 aliphatic heterocycles. The first-order valence-electron chi connectivity index (χ1n) is 4.85. The lowest BCUT2D eigenvalue weighted by Gasteiger charge is -2.16. The quantitative estimate of drug-likeness (QED) is 0.839. The van der Waals surface area contributed by atoms with Crippen LogP contribution < -0.4 is 5.73 Å². The van der Waals surface area contributed by atoms with E-state index in [-0.39, 0.29) is 10.8 Å². The van der Waals surface area contributed by atoms with Crippen LogP contribution in [0.2, 0.25) is 5.02 Å². The van der Waals surface area contributed by atoms with E-state index in [1.54, 1.807) is 0 Å². The summed E-state index contributed by atoms with van der Waals surface area (Å²) < 4.78 is 13.1. The lowest BCUT2D eigenvalue weighted by Crippen LogP contribution is -2.13. The van der Waals surface area contributed by atoms with Crippen molar-refractivity contribution in [3.8, 4) is 5.75 Å². The van der Waals surface area contributed by atoms with E-state index < -0.39 is 11.9 Å². The first kappa shape index (κ1) is 12.3. The van der Waals surface area contributed by atoms with Gasteiger partial charge in [-0.1, -0.05) is 25.4 Å². The van der Waals surface area contributed by atoms with Gasteiger partial charge >= 0.3 is 0 Å². The minimum absolute atomic E-state index is 0.00389. The first-order valence-corrected chi connectivity index (χ1v) is 5.23. The minimum Gasteiger partial charge on any atom is -0.506 e. The zero-order chi connectivity index (χ0) is 11.6. The Morgan fingerprint density at radius 1 is 1.47 bits per heavy atom. The van der Waals surface area contributed by atoms with E-state index in [9.17, 15) is 9.50 Å². The summed E-state index contributed by atoms with van der Waals surface area (Å²) in [7, 11) is 0. The topological polar surface area (TPSA) is 46.2 Å². The third kappa shape index (κ3) is 3.08. The van der Waals surface area contributed by atoms with Crippen molar-refractivity contribution >= 4 is 11.6 Å². The maximum atomic E-state index is 13.1. The Labute approximate surface area is 93.9 Å². The maximum Gasteiger partial charge on any atom is 0.139 e. The summed E-state index contributed by atoms with van der Waals surface area (Å²) in [6.07, 6.45) is 0.674. The van der Waals surface area contributed by atoms with E-state index in [4.69, 9.17) is 17.3 Å². The second-order valence-corrected chi connectivity index (χ2v) is 4.47. The van der Waals surface area contributed by atoms with Gasteiger partial charge in [0.2, 0.25) is 0 Å². The lowest BCUT2D eigenvalue weighted by molar-refractivity contribution is 0.442. The van der Waals surface area contributed by atoms with Gasteiger partial charge in [-0.25, -0.2) is 4.39 Å². The fourth-order valence-electron chi connectivity index (χ4n) is 1.50. The molecular weight excluding hydrogens is 217 g/mol. The van der Waals surface area contributed by atoms with Crippen LogP contribution in [0.1, 0.15) is 31.9 Å². The molecule has 84 valence electrons. The van der Waals surface area contributed by atoms with Gasteiger partial charge in [-0.2, -0.15) is 0 Å². The molecule has 1 aromatic carbocycles. The van der Waals surface area contributed by atoms with Crippen molar-refractivity contribution in [2.45, 2.75) is 26.3 Å². The van der Waals surface area contributed by atoms with Crippen molar-refractivity contribution in [2.75, 3.05) is 0 Å². The van der Waals surface area contributed by atoms with Crippen LogP contribution in [0.5, 0.6) is 5.75 Å². The van der Waals surface area contributed by atoms with Gasteiger partial charge in [0.15, 0.2) is 0 Å². The van der Waals surface area contributed by atoms with Crippen LogP contribution in [-0.2, 0) is 0 Å². The Morgan fingerprint density at radius 2 is 2.07 bits per heavy atom. The first-order chi connectivity index (χ1) is 6.91. The summed E-state index contributed by atoms with van der Waals surface area (Å²) in [6.45, 7) is 4.02. The molecule has 3 N–H and O–H groups in total. The highest BCUT2D eigenvalue weighted by atomic mass is 35.5. The van der Waals surface area contributed by atoms with Crippen molar-refractivity contribution in [1.82, 2.24) is 0 Å². The summed E-state index contributed by atoms with van der Waals surface area (Å²) in [4.78, 5) is 0. The van der Waals surface area contributed by atoms with Crippen LogP contribution in [0.3, 0.4) is 0 Å². The molecule has 2 nitrogen and oxygen atoms in total. The van der Waals surface area contributed by atoms with Crippen LogP contribution in [0.4, 0.5) is 4.39 Å². The van der Waals surface area contributed by atoms with E-state index in [0.29, 0.717) is 17.9 Å². The van der Waals surface area contributed by atoms with Gasteiger partial charge in [0.25, 0.3) is 0 Å². The predicted molar refractivity (Wildman–Crippen MR) is 59.5 cm³/mol. The number of benzene rings is 1. The molecule has 0 spiro atoms. The smallest absolute Gasteiger partial charge is 0.139 e. The molecule has 0 saturated carbocycles. The van der Waals surface area contributed by atoms with E-state index in [1.165, 1.54) is 6.07 Å². The van der Waals surface area contributed by atoms with Crippen LogP contribution in [0, 0.1) is 11.7 Å². The molecule has 0 fully saturated rings. The Bertz CT molecular complexity index is 355. The van der Waals surface area contributed by atoms with Crippen molar-refractivity contribution in [3.63, 3.8) is 0 Å². The number of hydrogen-bond acceptors (Lipinski definition) is 2. The SMILES string of the molecule is CC(C)CC(N)c1cc(F)cc(Cl)c1O. The van der Waals surface area contributed by atoms with Gasteiger partial charge in [0.05, 0.1) is 5.02 Å². The maximum absolute atomic E-state index is 13.1. The standard InChI is InChI=1S/C11H15ClFNO/c1-6(2)3-10(14)8-4-7(13)5-9(12)11(8)15/h4-6,10,15H,3,14H2,1-2H3. The number of aromatic hydroxyl groups is 1. The molecule has 0 saturated heterocycles. The van der Waals surface area contributed by atoms with Gasteiger partial charge in [0.1, 0.15) is 11.6 Å². The molecular formula is C11H15ClFNO. The molecule has 0 amide bonds. The highest BCUT2D eigenvalue weighted by molar-refractivity contribution is 6.32. The third-order valence-corrected chi connectivity index (χ3v) is 2.47. The molecule has 1 atom stereocenters. The number of rotatable bonds is 3. The molecule has 4 heteroatoms. The van der Waals surface area contributed by atoms with Crippen molar-refractivity contribution in [2.24, 2.45) is 11.7 Å². The van der Waals surface area contributed by atoms with Crippen molar-refractivity contribution < 1.29 is 9.50 Å². The molecule has 1 rings (SSSR count). The van der Waals surface area contributed by atoms with Crippen LogP contribution in [0.15, 0.2) is 12.1 Å². The summed E-state index contributed by atoms with van der Waals surface area (Å²) in [6, 6.07) is 1.91. The number of phenolic OH excluding ortho intramolecular Hbond substituents is 1. The van der Waals surface area contributed by atoms with Crippen LogP contribution in [0.25, 0.3) is 0 Å². The molecule has 0 aliphatic rings. The van der Waals surface area contributed by atoms with Gasteiger partial charge in [0, 0.05) is 11.6 Å². The Morgan fingerprint density at radius 3 is 2.60 bits per heavy atom. The van der Waals surface area contributed by atoms with Gasteiger partial charge < -0.3 is 10.8 Å². The monoisotopic (exact) mass is 231 g/mol. The largest absolute Gasteiger partial charge is 0.506 e. The van der Waals surface area contributed by atoms with E-state index >= 15 is 0 Å². The summed E-state index contributed by atoms with van der Waals surface area (Å²) in [5.41, 5.74) is 6.22. The van der Waals surface area contributed by atoms with Crippen LogP contribution >= 0.6 is 11.6 Å². The molecule has 1 aromatic rings. The molecule has 0 aliphatic carbocycles. The van der Waals surface area contributed by atoms with Crippen LogP contribution in [-0.4, -0.2) is 5.11 Å². The average Bonchev–Trinajstić information content (AvgIpc) is 2.09. The van der Waals surface area contributed by atoms with Gasteiger partial charge in [-0.3, -0.25) is 0 Å². The fraction of sp³-hybridized carbons (Fsp3) is 0.455. The zero-order valence-electron chi connectivity index (χ0n) is 8.80.